The molecule has 0 saturated carbocycles. The lowest BCUT2D eigenvalue weighted by Crippen LogP contribution is -2.15. The van der Waals surface area contributed by atoms with Gasteiger partial charge in [0, 0.05) is 22.7 Å². The summed E-state index contributed by atoms with van der Waals surface area (Å²) in [5.41, 5.74) is 0.564. The Morgan fingerprint density at radius 2 is 2.00 bits per heavy atom. The Morgan fingerprint density at radius 3 is 2.61 bits per heavy atom. The van der Waals surface area contributed by atoms with E-state index in [1.165, 1.54) is 6.08 Å². The lowest BCUT2D eigenvalue weighted by molar-refractivity contribution is 0.0966. The van der Waals surface area contributed by atoms with Gasteiger partial charge in [0.05, 0.1) is 18.9 Å². The monoisotopic (exact) mass is 314 g/mol. The largest absolute Gasteiger partial charge is 0.491 e. The van der Waals surface area contributed by atoms with Crippen molar-refractivity contribution in [3.05, 3.63) is 24.3 Å². The van der Waals surface area contributed by atoms with Crippen molar-refractivity contribution in [2.75, 3.05) is 33.4 Å². The summed E-state index contributed by atoms with van der Waals surface area (Å²) in [6.07, 6.45) is 1.49. The van der Waals surface area contributed by atoms with E-state index in [4.69, 9.17) is 9.47 Å². The smallest absolute Gasteiger partial charge is 0.240 e. The van der Waals surface area contributed by atoms with Gasteiger partial charge in [0.2, 0.25) is 6.08 Å². The Hall–Kier alpha value is -1.20. The molecule has 6 heteroatoms. The molecule has 1 aromatic rings. The fraction of sp³-hybridized carbons (Fsp3) is 0.417. The van der Waals surface area contributed by atoms with Crippen molar-refractivity contribution < 1.29 is 14.3 Å². The molecule has 0 saturated heterocycles. The summed E-state index contributed by atoms with van der Waals surface area (Å²) in [5.74, 6) is 0.723. The van der Waals surface area contributed by atoms with E-state index in [0.29, 0.717) is 25.5 Å². The van der Waals surface area contributed by atoms with Crippen molar-refractivity contribution in [2.45, 2.75) is 0 Å². The number of ether oxygens (including phenoxy) is 2. The number of rotatable bonds is 8. The second kappa shape index (κ2) is 8.83. The molecule has 0 unspecified atom stereocenters. The van der Waals surface area contributed by atoms with Gasteiger partial charge in [-0.3, -0.25) is 0 Å². The number of isocyanates is 1. The molecule has 98 valence electrons. The molecular weight excluding hydrogens is 300 g/mol. The van der Waals surface area contributed by atoms with Crippen molar-refractivity contribution in [3.63, 3.8) is 0 Å². The molecule has 0 amide bonds. The van der Waals surface area contributed by atoms with Gasteiger partial charge in [-0.15, -0.1) is 0 Å². The van der Waals surface area contributed by atoms with E-state index >= 15 is 0 Å². The highest BCUT2D eigenvalue weighted by molar-refractivity contribution is 9.07. The molecule has 0 atom stereocenters. The van der Waals surface area contributed by atoms with Crippen LogP contribution in [0.25, 0.3) is 0 Å². The van der Waals surface area contributed by atoms with Gasteiger partial charge in [0.15, 0.2) is 0 Å². The first-order chi connectivity index (χ1) is 8.72. The zero-order chi connectivity index (χ0) is 13.2. The minimum Gasteiger partial charge on any atom is -0.491 e. The summed E-state index contributed by atoms with van der Waals surface area (Å²) in [6, 6.07) is 6.90. The first-order valence-electron chi connectivity index (χ1n) is 5.48. The molecule has 0 aliphatic rings. The maximum atomic E-state index is 10.0. The molecule has 1 rings (SSSR count). The fourth-order valence-corrected chi connectivity index (χ4v) is 1.33. The first-order valence-corrected chi connectivity index (χ1v) is 6.18. The molecule has 1 aromatic carbocycles. The van der Waals surface area contributed by atoms with Gasteiger partial charge in [-0.25, -0.2) is 8.72 Å². The van der Waals surface area contributed by atoms with Crippen molar-refractivity contribution in [1.82, 2.24) is 3.93 Å². The highest BCUT2D eigenvalue weighted by Crippen LogP contribution is 2.17. The minimum atomic E-state index is 0.488. The maximum Gasteiger partial charge on any atom is 0.240 e. The van der Waals surface area contributed by atoms with Gasteiger partial charge in [-0.05, 0) is 31.3 Å². The van der Waals surface area contributed by atoms with Crippen LogP contribution >= 0.6 is 16.1 Å². The highest BCUT2D eigenvalue weighted by Gasteiger charge is 1.96. The van der Waals surface area contributed by atoms with E-state index in [0.717, 1.165) is 12.3 Å². The lowest BCUT2D eigenvalue weighted by Gasteiger charge is -2.09. The topological polar surface area (TPSA) is 51.1 Å². The summed E-state index contributed by atoms with van der Waals surface area (Å²) < 4.78 is 12.7. The molecule has 0 aromatic heterocycles. The number of aliphatic imine (C=N–C) groups is 1. The van der Waals surface area contributed by atoms with Crippen LogP contribution in [-0.2, 0) is 9.53 Å². The Kier molecular flexibility index (Phi) is 7.29. The second-order valence-corrected chi connectivity index (χ2v) is 4.70. The van der Waals surface area contributed by atoms with Crippen molar-refractivity contribution >= 4 is 27.9 Å². The molecule has 0 aliphatic carbocycles. The van der Waals surface area contributed by atoms with Crippen LogP contribution in [0, 0.1) is 0 Å². The molecule has 5 nitrogen and oxygen atoms in total. The molecule has 0 spiro atoms. The third kappa shape index (κ3) is 6.51. The number of likely N-dealkylation sites (N-methyl/N-ethyl adjacent to an activating group) is 1. The molecular formula is C12H15BrN2O3. The molecule has 0 aliphatic heterocycles. The van der Waals surface area contributed by atoms with Crippen LogP contribution in [0.15, 0.2) is 29.3 Å². The Labute approximate surface area is 115 Å². The summed E-state index contributed by atoms with van der Waals surface area (Å²) >= 11 is 3.29. The van der Waals surface area contributed by atoms with Gasteiger partial charge >= 0.3 is 0 Å². The van der Waals surface area contributed by atoms with Gasteiger partial charge in [0.1, 0.15) is 12.4 Å². The predicted octanol–water partition coefficient (Wildman–Crippen LogP) is 2.29. The summed E-state index contributed by atoms with van der Waals surface area (Å²) in [5, 5.41) is 0. The molecule has 0 bridgehead atoms. The number of carbonyl (C=O) groups excluding carboxylic acids is 1. The zero-order valence-corrected chi connectivity index (χ0v) is 11.7. The van der Waals surface area contributed by atoms with Crippen LogP contribution < -0.4 is 4.74 Å². The highest BCUT2D eigenvalue weighted by atomic mass is 79.9. The standard InChI is InChI=1S/C12H15BrN2O3/c1-15(13)6-7-17-8-9-18-12-4-2-11(3-5-12)14-10-16/h2-5H,6-9H2,1H3. The summed E-state index contributed by atoms with van der Waals surface area (Å²) in [7, 11) is 1.92. The van der Waals surface area contributed by atoms with Gasteiger partial charge in [-0.1, -0.05) is 0 Å². The Morgan fingerprint density at radius 1 is 1.28 bits per heavy atom. The van der Waals surface area contributed by atoms with Crippen LogP contribution in [0.4, 0.5) is 5.69 Å². The average Bonchev–Trinajstić information content (AvgIpc) is 2.35. The SMILES string of the molecule is CN(Br)CCOCCOc1ccc(N=C=O)cc1. The number of benzene rings is 1. The average molecular weight is 315 g/mol. The molecule has 0 N–H and O–H groups in total. The van der Waals surface area contributed by atoms with E-state index in [9.17, 15) is 4.79 Å². The van der Waals surface area contributed by atoms with Gasteiger partial charge in [-0.2, -0.15) is 4.99 Å². The second-order valence-electron chi connectivity index (χ2n) is 3.49. The number of nitrogens with zero attached hydrogens (tertiary/aromatic N) is 2. The van der Waals surface area contributed by atoms with Crippen LogP contribution in [0.2, 0.25) is 0 Å². The van der Waals surface area contributed by atoms with Crippen LogP contribution in [0.5, 0.6) is 5.75 Å². The predicted molar refractivity (Wildman–Crippen MR) is 72.1 cm³/mol. The first kappa shape index (κ1) is 14.9. The molecule has 0 fully saturated rings. The summed E-state index contributed by atoms with van der Waals surface area (Å²) in [6.45, 7) is 2.49. The Bertz CT molecular complexity index is 389. The van der Waals surface area contributed by atoms with Gasteiger partial charge in [0.25, 0.3) is 0 Å². The molecule has 0 radical (unpaired) electrons. The normalized spacial score (nSPS) is 10.2. The van der Waals surface area contributed by atoms with E-state index < -0.39 is 0 Å². The zero-order valence-electron chi connectivity index (χ0n) is 10.1. The van der Waals surface area contributed by atoms with E-state index in [1.54, 1.807) is 24.3 Å². The number of hydrogen-bond donors (Lipinski definition) is 0. The third-order valence-corrected chi connectivity index (χ3v) is 2.41. The van der Waals surface area contributed by atoms with Crippen LogP contribution in [-0.4, -0.2) is 43.4 Å². The number of hydrogen-bond acceptors (Lipinski definition) is 5. The van der Waals surface area contributed by atoms with E-state index in [1.807, 2.05) is 11.0 Å². The van der Waals surface area contributed by atoms with Gasteiger partial charge < -0.3 is 9.47 Å². The van der Waals surface area contributed by atoms with Crippen LogP contribution in [0.3, 0.4) is 0 Å². The van der Waals surface area contributed by atoms with Crippen molar-refractivity contribution in [1.29, 1.82) is 0 Å². The third-order valence-electron chi connectivity index (χ3n) is 2.05. The fourth-order valence-electron chi connectivity index (χ4n) is 1.18. The number of halogens is 1. The quantitative estimate of drug-likeness (QED) is 0.320. The molecule has 18 heavy (non-hydrogen) atoms. The van der Waals surface area contributed by atoms with Crippen LogP contribution in [0.1, 0.15) is 0 Å². The van der Waals surface area contributed by atoms with E-state index in [-0.39, 0.29) is 0 Å². The van der Waals surface area contributed by atoms with Crippen molar-refractivity contribution in [2.24, 2.45) is 4.99 Å². The van der Waals surface area contributed by atoms with E-state index in [2.05, 4.69) is 21.1 Å². The lowest BCUT2D eigenvalue weighted by atomic mass is 10.3. The van der Waals surface area contributed by atoms with Crippen molar-refractivity contribution in [3.8, 4) is 5.75 Å². The minimum absolute atomic E-state index is 0.488. The maximum absolute atomic E-state index is 10.0. The molecule has 0 heterocycles. The summed E-state index contributed by atoms with van der Waals surface area (Å²) in [4.78, 5) is 13.5. The Balaban J connectivity index is 2.17.